The van der Waals surface area contributed by atoms with E-state index in [1.165, 1.54) is 5.56 Å². The molecule has 0 aliphatic rings. The van der Waals surface area contributed by atoms with Crippen LogP contribution < -0.4 is 10.6 Å². The minimum atomic E-state index is -0.112. The fourth-order valence-corrected chi connectivity index (χ4v) is 3.67. The number of aromatic nitrogens is 1. The first-order chi connectivity index (χ1) is 14.1. The Morgan fingerprint density at radius 3 is 2.48 bits per heavy atom. The molecule has 0 aliphatic heterocycles. The van der Waals surface area contributed by atoms with Crippen molar-refractivity contribution in [1.82, 2.24) is 15.6 Å². The molecule has 2 aromatic carbocycles. The van der Waals surface area contributed by atoms with Crippen molar-refractivity contribution in [3.05, 3.63) is 76.8 Å². The summed E-state index contributed by atoms with van der Waals surface area (Å²) in [6.07, 6.45) is 1.71. The number of nitrogens with one attached hydrogen (secondary N) is 2. The molecule has 6 heteroatoms. The molecule has 0 bridgehead atoms. The van der Waals surface area contributed by atoms with Crippen LogP contribution in [-0.4, -0.2) is 29.9 Å². The van der Waals surface area contributed by atoms with Gasteiger partial charge in [-0.05, 0) is 25.5 Å². The lowest BCUT2D eigenvalue weighted by Crippen LogP contribution is -2.28. The maximum Gasteiger partial charge on any atom is 0.251 e. The van der Waals surface area contributed by atoms with Crippen LogP contribution in [0.25, 0.3) is 10.6 Å². The van der Waals surface area contributed by atoms with Crippen molar-refractivity contribution >= 4 is 23.2 Å². The van der Waals surface area contributed by atoms with Crippen molar-refractivity contribution in [1.29, 1.82) is 0 Å². The summed E-state index contributed by atoms with van der Waals surface area (Å²) in [6.45, 7) is 3.11. The first-order valence-corrected chi connectivity index (χ1v) is 10.6. The molecular weight excluding hydrogens is 382 g/mol. The molecule has 0 saturated heterocycles. The van der Waals surface area contributed by atoms with Gasteiger partial charge in [-0.2, -0.15) is 0 Å². The zero-order chi connectivity index (χ0) is 20.5. The number of hydrogen-bond acceptors (Lipinski definition) is 4. The summed E-state index contributed by atoms with van der Waals surface area (Å²) in [5.74, 6) is -0.119. The van der Waals surface area contributed by atoms with Crippen molar-refractivity contribution in [2.24, 2.45) is 0 Å². The fraction of sp³-hybridized carbons (Fsp3) is 0.261. The van der Waals surface area contributed by atoms with E-state index in [2.05, 4.69) is 46.8 Å². The summed E-state index contributed by atoms with van der Waals surface area (Å²) < 4.78 is 0. The number of thiazole rings is 1. The number of carbonyl (C=O) groups is 2. The third-order valence-corrected chi connectivity index (χ3v) is 5.40. The van der Waals surface area contributed by atoms with Crippen LogP contribution in [0.15, 0.2) is 60.0 Å². The van der Waals surface area contributed by atoms with Gasteiger partial charge in [0.1, 0.15) is 5.01 Å². The molecule has 3 aromatic rings. The van der Waals surface area contributed by atoms with Crippen LogP contribution in [0, 0.1) is 6.92 Å². The number of hydrogen-bond donors (Lipinski definition) is 2. The van der Waals surface area contributed by atoms with E-state index < -0.39 is 0 Å². The Kier molecular flexibility index (Phi) is 7.53. The SMILES string of the molecule is Cc1ccc(-c2nc(CCNC(=O)CCCNC(=O)c3ccccc3)cs2)cc1. The molecule has 0 fully saturated rings. The molecule has 150 valence electrons. The van der Waals surface area contributed by atoms with Crippen molar-refractivity contribution in [3.8, 4) is 10.6 Å². The average Bonchev–Trinajstić information content (AvgIpc) is 3.21. The third kappa shape index (κ3) is 6.54. The van der Waals surface area contributed by atoms with Gasteiger partial charge in [0.2, 0.25) is 5.91 Å². The molecule has 0 saturated carbocycles. The van der Waals surface area contributed by atoms with Gasteiger partial charge in [0.25, 0.3) is 5.91 Å². The number of aryl methyl sites for hydroxylation is 1. The highest BCUT2D eigenvalue weighted by Gasteiger charge is 2.07. The average molecular weight is 408 g/mol. The summed E-state index contributed by atoms with van der Waals surface area (Å²) in [5.41, 5.74) is 3.97. The van der Waals surface area contributed by atoms with E-state index in [1.807, 2.05) is 23.6 Å². The molecule has 2 N–H and O–H groups in total. The zero-order valence-corrected chi connectivity index (χ0v) is 17.3. The predicted molar refractivity (Wildman–Crippen MR) is 117 cm³/mol. The van der Waals surface area contributed by atoms with Gasteiger partial charge in [-0.25, -0.2) is 4.98 Å². The Bertz CT molecular complexity index is 936. The van der Waals surface area contributed by atoms with Crippen molar-refractivity contribution < 1.29 is 9.59 Å². The number of rotatable bonds is 9. The van der Waals surface area contributed by atoms with E-state index in [4.69, 9.17) is 0 Å². The lowest BCUT2D eigenvalue weighted by Gasteiger charge is -2.06. The van der Waals surface area contributed by atoms with E-state index in [-0.39, 0.29) is 11.8 Å². The van der Waals surface area contributed by atoms with Gasteiger partial charge in [0.15, 0.2) is 0 Å². The highest BCUT2D eigenvalue weighted by Crippen LogP contribution is 2.24. The molecule has 3 rings (SSSR count). The summed E-state index contributed by atoms with van der Waals surface area (Å²) in [6, 6.07) is 17.4. The van der Waals surface area contributed by atoms with Gasteiger partial charge in [-0.3, -0.25) is 9.59 Å². The lowest BCUT2D eigenvalue weighted by molar-refractivity contribution is -0.121. The van der Waals surface area contributed by atoms with Gasteiger partial charge in [0, 0.05) is 42.4 Å². The lowest BCUT2D eigenvalue weighted by atomic mass is 10.2. The Hall–Kier alpha value is -2.99. The summed E-state index contributed by atoms with van der Waals surface area (Å²) in [5, 5.41) is 8.79. The Labute approximate surface area is 175 Å². The van der Waals surface area contributed by atoms with E-state index in [0.717, 1.165) is 16.3 Å². The second-order valence-corrected chi connectivity index (χ2v) is 7.69. The third-order valence-electron chi connectivity index (χ3n) is 4.46. The molecule has 2 amide bonds. The molecule has 0 atom stereocenters. The van der Waals surface area contributed by atoms with Crippen LogP contribution in [0.2, 0.25) is 0 Å². The van der Waals surface area contributed by atoms with Crippen LogP contribution in [-0.2, 0) is 11.2 Å². The Balaban J connectivity index is 1.32. The number of benzene rings is 2. The highest BCUT2D eigenvalue weighted by molar-refractivity contribution is 7.13. The maximum atomic E-state index is 12.0. The predicted octanol–water partition coefficient (Wildman–Crippen LogP) is 3.99. The fourth-order valence-electron chi connectivity index (χ4n) is 2.81. The smallest absolute Gasteiger partial charge is 0.251 e. The standard InChI is InChI=1S/C23H25N3O2S/c1-17-9-11-19(12-10-17)23-26-20(16-29-23)13-15-24-21(27)8-5-14-25-22(28)18-6-3-2-4-7-18/h2-4,6-7,9-12,16H,5,8,13-15H2,1H3,(H,24,27)(H,25,28). The van der Waals surface area contributed by atoms with Gasteiger partial charge in [-0.15, -0.1) is 11.3 Å². The van der Waals surface area contributed by atoms with E-state index in [1.54, 1.807) is 23.5 Å². The van der Waals surface area contributed by atoms with Crippen molar-refractivity contribution in [2.75, 3.05) is 13.1 Å². The molecule has 0 aliphatic carbocycles. The number of nitrogens with zero attached hydrogens (tertiary/aromatic N) is 1. The van der Waals surface area contributed by atoms with Crippen LogP contribution in [0.1, 0.15) is 34.5 Å². The van der Waals surface area contributed by atoms with Crippen molar-refractivity contribution in [2.45, 2.75) is 26.2 Å². The number of amides is 2. The highest BCUT2D eigenvalue weighted by atomic mass is 32.1. The normalized spacial score (nSPS) is 10.5. The number of carbonyl (C=O) groups excluding carboxylic acids is 2. The van der Waals surface area contributed by atoms with Crippen LogP contribution >= 0.6 is 11.3 Å². The maximum absolute atomic E-state index is 12.0. The summed E-state index contributed by atoms with van der Waals surface area (Å²) in [7, 11) is 0. The minimum Gasteiger partial charge on any atom is -0.356 e. The van der Waals surface area contributed by atoms with Crippen LogP contribution in [0.4, 0.5) is 0 Å². The molecule has 5 nitrogen and oxygen atoms in total. The van der Waals surface area contributed by atoms with Gasteiger partial charge in [-0.1, -0.05) is 48.0 Å². The second-order valence-electron chi connectivity index (χ2n) is 6.84. The molecule has 0 unspecified atom stereocenters. The topological polar surface area (TPSA) is 71.1 Å². The van der Waals surface area contributed by atoms with E-state index in [9.17, 15) is 9.59 Å². The molecule has 1 heterocycles. The second kappa shape index (κ2) is 10.5. The molecule has 0 radical (unpaired) electrons. The molecule has 0 spiro atoms. The first-order valence-electron chi connectivity index (χ1n) is 9.73. The Morgan fingerprint density at radius 2 is 1.72 bits per heavy atom. The molecular formula is C23H25N3O2S. The minimum absolute atomic E-state index is 0.00653. The van der Waals surface area contributed by atoms with Crippen LogP contribution in [0.5, 0.6) is 0 Å². The quantitative estimate of drug-likeness (QED) is 0.527. The largest absolute Gasteiger partial charge is 0.356 e. The van der Waals surface area contributed by atoms with Gasteiger partial charge < -0.3 is 10.6 Å². The summed E-state index contributed by atoms with van der Waals surface area (Å²) in [4.78, 5) is 28.5. The van der Waals surface area contributed by atoms with E-state index >= 15 is 0 Å². The molecule has 29 heavy (non-hydrogen) atoms. The Morgan fingerprint density at radius 1 is 0.966 bits per heavy atom. The van der Waals surface area contributed by atoms with Gasteiger partial charge >= 0.3 is 0 Å². The van der Waals surface area contributed by atoms with Crippen LogP contribution in [0.3, 0.4) is 0 Å². The monoisotopic (exact) mass is 407 g/mol. The van der Waals surface area contributed by atoms with Gasteiger partial charge in [0.05, 0.1) is 5.69 Å². The van der Waals surface area contributed by atoms with E-state index in [0.29, 0.717) is 37.9 Å². The first kappa shape index (κ1) is 20.7. The summed E-state index contributed by atoms with van der Waals surface area (Å²) >= 11 is 1.62. The van der Waals surface area contributed by atoms with Crippen molar-refractivity contribution in [3.63, 3.8) is 0 Å². The zero-order valence-electron chi connectivity index (χ0n) is 16.5. The molecule has 1 aromatic heterocycles.